The number of nitrogens with zero attached hydrogens (tertiary/aromatic N) is 3. The molecule has 1 aromatic carbocycles. The van der Waals surface area contributed by atoms with Gasteiger partial charge in [-0.3, -0.25) is 0 Å². The summed E-state index contributed by atoms with van der Waals surface area (Å²) in [6, 6.07) is 7.39. The van der Waals surface area contributed by atoms with Crippen molar-refractivity contribution in [2.24, 2.45) is 0 Å². The highest BCUT2D eigenvalue weighted by atomic mass is 35.5. The van der Waals surface area contributed by atoms with Crippen LogP contribution >= 0.6 is 11.6 Å². The molecule has 0 radical (unpaired) electrons. The van der Waals surface area contributed by atoms with Gasteiger partial charge in [0.05, 0.1) is 21.6 Å². The highest BCUT2D eigenvalue weighted by Crippen LogP contribution is 2.22. The number of halogens is 1. The standard InChI is InChI=1S/C10H8ClN3O2S/c1-14(5-4-12)17(15,16)9-3-2-8(7-13)10(11)6-9/h2-3,6H,5H2,1H3. The Balaban J connectivity index is 3.23. The zero-order valence-electron chi connectivity index (χ0n) is 8.88. The molecule has 0 saturated heterocycles. The van der Waals surface area contributed by atoms with Crippen LogP contribution in [0.15, 0.2) is 23.1 Å². The Morgan fingerprint density at radius 1 is 1.41 bits per heavy atom. The first-order valence-electron chi connectivity index (χ1n) is 4.46. The second kappa shape index (κ2) is 5.15. The first-order chi connectivity index (χ1) is 7.93. The normalized spacial score (nSPS) is 10.9. The first kappa shape index (κ1) is 13.5. The van der Waals surface area contributed by atoms with Gasteiger partial charge in [0.15, 0.2) is 0 Å². The number of benzene rings is 1. The van der Waals surface area contributed by atoms with Crippen molar-refractivity contribution in [1.29, 1.82) is 10.5 Å². The molecule has 1 rings (SSSR count). The van der Waals surface area contributed by atoms with E-state index in [1.165, 1.54) is 25.2 Å². The Labute approximate surface area is 105 Å². The summed E-state index contributed by atoms with van der Waals surface area (Å²) in [4.78, 5) is -0.0424. The molecule has 0 N–H and O–H groups in total. The van der Waals surface area contributed by atoms with Gasteiger partial charge in [-0.2, -0.15) is 14.8 Å². The van der Waals surface area contributed by atoms with E-state index in [9.17, 15) is 8.42 Å². The fourth-order valence-electron chi connectivity index (χ4n) is 1.11. The number of sulfonamides is 1. The zero-order valence-corrected chi connectivity index (χ0v) is 10.5. The second-order valence-electron chi connectivity index (χ2n) is 3.17. The summed E-state index contributed by atoms with van der Waals surface area (Å²) in [6.07, 6.45) is 0. The molecule has 0 saturated carbocycles. The molecule has 0 spiro atoms. The topological polar surface area (TPSA) is 85.0 Å². The van der Waals surface area contributed by atoms with E-state index < -0.39 is 10.0 Å². The third kappa shape index (κ3) is 2.75. The molecule has 0 unspecified atom stereocenters. The third-order valence-corrected chi connectivity index (χ3v) is 4.17. The molecule has 0 aliphatic carbocycles. The maximum Gasteiger partial charge on any atom is 0.243 e. The van der Waals surface area contributed by atoms with Crippen molar-refractivity contribution in [3.05, 3.63) is 28.8 Å². The van der Waals surface area contributed by atoms with E-state index in [4.69, 9.17) is 22.1 Å². The minimum atomic E-state index is -3.73. The van der Waals surface area contributed by atoms with Crippen LogP contribution in [0.1, 0.15) is 5.56 Å². The summed E-state index contributed by atoms with van der Waals surface area (Å²) in [5.41, 5.74) is 0.202. The van der Waals surface area contributed by atoms with Crippen LogP contribution in [0.2, 0.25) is 5.02 Å². The third-order valence-electron chi connectivity index (χ3n) is 2.06. The molecule has 0 bridgehead atoms. The highest BCUT2D eigenvalue weighted by Gasteiger charge is 2.21. The SMILES string of the molecule is CN(CC#N)S(=O)(=O)c1ccc(C#N)c(Cl)c1. The van der Waals surface area contributed by atoms with Gasteiger partial charge in [0.25, 0.3) is 0 Å². The molecule has 0 amide bonds. The fraction of sp³-hybridized carbons (Fsp3) is 0.200. The molecular weight excluding hydrogens is 262 g/mol. The molecule has 1 aromatic rings. The predicted octanol–water partition coefficient (Wildman–Crippen LogP) is 1.36. The smallest absolute Gasteiger partial charge is 0.207 e. The van der Waals surface area contributed by atoms with E-state index in [0.29, 0.717) is 0 Å². The average Bonchev–Trinajstić information content (AvgIpc) is 2.29. The molecule has 0 atom stereocenters. The Kier molecular flexibility index (Phi) is 4.08. The summed E-state index contributed by atoms with van der Waals surface area (Å²) in [5.74, 6) is 0. The minimum absolute atomic E-state index is 0.0424. The fourth-order valence-corrected chi connectivity index (χ4v) is 2.49. The summed E-state index contributed by atoms with van der Waals surface area (Å²) >= 11 is 5.75. The van der Waals surface area contributed by atoms with E-state index in [0.717, 1.165) is 4.31 Å². The van der Waals surface area contributed by atoms with E-state index >= 15 is 0 Å². The van der Waals surface area contributed by atoms with Gasteiger partial charge < -0.3 is 0 Å². The summed E-state index contributed by atoms with van der Waals surface area (Å²) in [5, 5.41) is 17.2. The van der Waals surface area contributed by atoms with Crippen molar-refractivity contribution in [3.8, 4) is 12.1 Å². The summed E-state index contributed by atoms with van der Waals surface area (Å²) in [6.45, 7) is -0.250. The van der Waals surface area contributed by atoms with Gasteiger partial charge in [0.2, 0.25) is 10.0 Å². The maximum absolute atomic E-state index is 11.9. The van der Waals surface area contributed by atoms with Gasteiger partial charge >= 0.3 is 0 Å². The van der Waals surface area contributed by atoms with Gasteiger partial charge in [-0.25, -0.2) is 8.42 Å². The van der Waals surface area contributed by atoms with Crippen LogP contribution in [0.4, 0.5) is 0 Å². The van der Waals surface area contributed by atoms with Gasteiger partial charge in [0.1, 0.15) is 12.6 Å². The lowest BCUT2D eigenvalue weighted by Gasteiger charge is -2.13. The van der Waals surface area contributed by atoms with Gasteiger partial charge in [0, 0.05) is 7.05 Å². The van der Waals surface area contributed by atoms with Crippen LogP contribution in [-0.4, -0.2) is 26.3 Å². The number of hydrogen-bond acceptors (Lipinski definition) is 4. The molecule has 0 heterocycles. The van der Waals surface area contributed by atoms with Crippen molar-refractivity contribution in [2.75, 3.05) is 13.6 Å². The molecule has 5 nitrogen and oxygen atoms in total. The molecule has 7 heteroatoms. The average molecular weight is 270 g/mol. The lowest BCUT2D eigenvalue weighted by Crippen LogP contribution is -2.27. The second-order valence-corrected chi connectivity index (χ2v) is 5.62. The van der Waals surface area contributed by atoms with Crippen molar-refractivity contribution in [1.82, 2.24) is 4.31 Å². The van der Waals surface area contributed by atoms with Crippen LogP contribution in [0.25, 0.3) is 0 Å². The monoisotopic (exact) mass is 269 g/mol. The maximum atomic E-state index is 11.9. The van der Waals surface area contributed by atoms with E-state index in [-0.39, 0.29) is 22.0 Å². The van der Waals surface area contributed by atoms with Gasteiger partial charge in [-0.15, -0.1) is 0 Å². The van der Waals surface area contributed by atoms with E-state index in [2.05, 4.69) is 0 Å². The largest absolute Gasteiger partial charge is 0.243 e. The predicted molar refractivity (Wildman–Crippen MR) is 61.6 cm³/mol. The van der Waals surface area contributed by atoms with Crippen LogP contribution in [0.5, 0.6) is 0 Å². The Hall–Kier alpha value is -1.60. The van der Waals surface area contributed by atoms with Crippen LogP contribution < -0.4 is 0 Å². The molecule has 0 fully saturated rings. The molecule has 0 aliphatic rings. The van der Waals surface area contributed by atoms with E-state index in [1.807, 2.05) is 6.07 Å². The Morgan fingerprint density at radius 2 is 2.06 bits per heavy atom. The number of hydrogen-bond donors (Lipinski definition) is 0. The summed E-state index contributed by atoms with van der Waals surface area (Å²) in [7, 11) is -2.44. The quantitative estimate of drug-likeness (QED) is 0.776. The number of nitriles is 2. The van der Waals surface area contributed by atoms with Crippen LogP contribution in [0.3, 0.4) is 0 Å². The molecule has 0 aliphatic heterocycles. The zero-order chi connectivity index (χ0) is 13.1. The lowest BCUT2D eigenvalue weighted by molar-refractivity contribution is 0.501. The lowest BCUT2D eigenvalue weighted by atomic mass is 10.2. The Morgan fingerprint density at radius 3 is 2.53 bits per heavy atom. The van der Waals surface area contributed by atoms with Crippen molar-refractivity contribution < 1.29 is 8.42 Å². The van der Waals surface area contributed by atoms with Crippen LogP contribution in [0, 0.1) is 22.7 Å². The summed E-state index contributed by atoms with van der Waals surface area (Å²) < 4.78 is 24.7. The van der Waals surface area contributed by atoms with Gasteiger partial charge in [-0.1, -0.05) is 11.6 Å². The highest BCUT2D eigenvalue weighted by molar-refractivity contribution is 7.89. The van der Waals surface area contributed by atoms with Gasteiger partial charge in [-0.05, 0) is 18.2 Å². The van der Waals surface area contributed by atoms with Crippen molar-refractivity contribution in [2.45, 2.75) is 4.90 Å². The molecular formula is C10H8ClN3O2S. The van der Waals surface area contributed by atoms with E-state index in [1.54, 1.807) is 6.07 Å². The molecule has 17 heavy (non-hydrogen) atoms. The van der Waals surface area contributed by atoms with Crippen molar-refractivity contribution >= 4 is 21.6 Å². The minimum Gasteiger partial charge on any atom is -0.207 e. The first-order valence-corrected chi connectivity index (χ1v) is 6.28. The number of rotatable bonds is 3. The van der Waals surface area contributed by atoms with Crippen molar-refractivity contribution in [3.63, 3.8) is 0 Å². The molecule has 88 valence electrons. The molecule has 0 aromatic heterocycles. The van der Waals surface area contributed by atoms with Crippen LogP contribution in [-0.2, 0) is 10.0 Å². The Bertz CT molecular complexity index is 613.